The number of anilines is 1. The summed E-state index contributed by atoms with van der Waals surface area (Å²) in [5, 5.41) is 3.84. The molecule has 0 atom stereocenters. The molecule has 0 aliphatic rings. The fraction of sp³-hybridized carbons (Fsp3) is 0.174. The van der Waals surface area contributed by atoms with Gasteiger partial charge in [-0.05, 0) is 61.4 Å². The fourth-order valence-corrected chi connectivity index (χ4v) is 5.20. The van der Waals surface area contributed by atoms with E-state index >= 15 is 0 Å². The van der Waals surface area contributed by atoms with Gasteiger partial charge < -0.3 is 5.32 Å². The van der Waals surface area contributed by atoms with E-state index in [2.05, 4.69) is 5.32 Å². The monoisotopic (exact) mass is 510 g/mol. The van der Waals surface area contributed by atoms with E-state index in [0.717, 1.165) is 15.4 Å². The standard InChI is InChI=1S/C23H21Cl3N2O3S/c1-15-5-3-6-16(2)23(15)27-22(29)14-28(13-19-20(25)7-4-8-21(19)26)32(30,31)18-11-9-17(24)10-12-18/h3-12H,13-14H2,1-2H3,(H,27,29). The van der Waals surface area contributed by atoms with Gasteiger partial charge in [0, 0.05) is 32.9 Å². The highest BCUT2D eigenvalue weighted by atomic mass is 35.5. The molecule has 0 bridgehead atoms. The average Bonchev–Trinajstić information content (AvgIpc) is 2.73. The van der Waals surface area contributed by atoms with Crippen molar-refractivity contribution in [3.63, 3.8) is 0 Å². The summed E-state index contributed by atoms with van der Waals surface area (Å²) in [6.07, 6.45) is 0. The molecule has 0 saturated carbocycles. The van der Waals surface area contributed by atoms with Crippen LogP contribution in [-0.4, -0.2) is 25.2 Å². The van der Waals surface area contributed by atoms with Gasteiger partial charge in [-0.25, -0.2) is 8.42 Å². The minimum Gasteiger partial charge on any atom is -0.324 e. The summed E-state index contributed by atoms with van der Waals surface area (Å²) in [6.45, 7) is 3.13. The first kappa shape index (κ1) is 24.6. The van der Waals surface area contributed by atoms with Crippen LogP contribution in [0.2, 0.25) is 15.1 Å². The Morgan fingerprint density at radius 3 is 1.97 bits per heavy atom. The van der Waals surface area contributed by atoms with Crippen LogP contribution in [0.1, 0.15) is 16.7 Å². The minimum atomic E-state index is -4.06. The van der Waals surface area contributed by atoms with Crippen LogP contribution < -0.4 is 5.32 Å². The lowest BCUT2D eigenvalue weighted by Crippen LogP contribution is -2.38. The number of hydrogen-bond donors (Lipinski definition) is 1. The number of nitrogens with zero attached hydrogens (tertiary/aromatic N) is 1. The van der Waals surface area contributed by atoms with Crippen molar-refractivity contribution >= 4 is 56.4 Å². The molecule has 1 amide bonds. The summed E-state index contributed by atoms with van der Waals surface area (Å²) in [4.78, 5) is 12.9. The van der Waals surface area contributed by atoms with Gasteiger partial charge in [0.25, 0.3) is 0 Å². The Morgan fingerprint density at radius 2 is 1.41 bits per heavy atom. The number of nitrogens with one attached hydrogen (secondary N) is 1. The fourth-order valence-electron chi connectivity index (χ4n) is 3.19. The second-order valence-electron chi connectivity index (χ2n) is 7.24. The number of carbonyl (C=O) groups is 1. The van der Waals surface area contributed by atoms with Gasteiger partial charge in [0.15, 0.2) is 0 Å². The number of sulfonamides is 1. The summed E-state index contributed by atoms with van der Waals surface area (Å²) < 4.78 is 27.9. The first-order valence-corrected chi connectivity index (χ1v) is 12.2. The molecule has 0 fully saturated rings. The van der Waals surface area contributed by atoms with Crippen LogP contribution in [0, 0.1) is 13.8 Å². The lowest BCUT2D eigenvalue weighted by atomic mass is 10.1. The predicted octanol–water partition coefficient (Wildman–Crippen LogP) is 6.09. The number of para-hydroxylation sites is 1. The van der Waals surface area contributed by atoms with Crippen molar-refractivity contribution < 1.29 is 13.2 Å². The number of halogens is 3. The van der Waals surface area contributed by atoms with E-state index < -0.39 is 22.5 Å². The molecule has 0 radical (unpaired) electrons. The Bertz CT molecular complexity index is 1210. The van der Waals surface area contributed by atoms with Crippen LogP contribution in [0.15, 0.2) is 65.6 Å². The van der Waals surface area contributed by atoms with Gasteiger partial charge in [-0.3, -0.25) is 4.79 Å². The zero-order valence-electron chi connectivity index (χ0n) is 17.4. The largest absolute Gasteiger partial charge is 0.324 e. The van der Waals surface area contributed by atoms with Crippen molar-refractivity contribution in [2.24, 2.45) is 0 Å². The highest BCUT2D eigenvalue weighted by Gasteiger charge is 2.28. The minimum absolute atomic E-state index is 0.00458. The molecule has 0 saturated heterocycles. The number of benzene rings is 3. The average molecular weight is 512 g/mol. The van der Waals surface area contributed by atoms with Gasteiger partial charge in [-0.15, -0.1) is 0 Å². The Morgan fingerprint density at radius 1 is 0.875 bits per heavy atom. The zero-order valence-corrected chi connectivity index (χ0v) is 20.5. The molecule has 1 N–H and O–H groups in total. The van der Waals surface area contributed by atoms with Crippen LogP contribution in [0.4, 0.5) is 5.69 Å². The molecule has 3 rings (SSSR count). The molecule has 0 unspecified atom stereocenters. The number of aryl methyl sites for hydroxylation is 2. The Kier molecular flexibility index (Phi) is 7.85. The summed E-state index contributed by atoms with van der Waals surface area (Å²) in [7, 11) is -4.06. The molecule has 0 aromatic heterocycles. The van der Waals surface area contributed by atoms with Crippen LogP contribution >= 0.6 is 34.8 Å². The lowest BCUT2D eigenvalue weighted by Gasteiger charge is -2.23. The van der Waals surface area contributed by atoms with E-state index in [1.54, 1.807) is 18.2 Å². The van der Waals surface area contributed by atoms with E-state index in [1.165, 1.54) is 24.3 Å². The maximum Gasteiger partial charge on any atom is 0.243 e. The molecule has 0 heterocycles. The molecule has 3 aromatic carbocycles. The molecular weight excluding hydrogens is 491 g/mol. The molecule has 9 heteroatoms. The maximum absolute atomic E-state index is 13.4. The van der Waals surface area contributed by atoms with Crippen molar-refractivity contribution in [3.05, 3.63) is 92.4 Å². The van der Waals surface area contributed by atoms with Crippen molar-refractivity contribution in [1.82, 2.24) is 4.31 Å². The van der Waals surface area contributed by atoms with E-state index in [0.29, 0.717) is 26.3 Å². The Hall–Kier alpha value is -2.09. The summed E-state index contributed by atoms with van der Waals surface area (Å²) in [5.74, 6) is -0.483. The molecule has 168 valence electrons. The summed E-state index contributed by atoms with van der Waals surface area (Å²) in [5.41, 5.74) is 2.81. The van der Waals surface area contributed by atoms with Crippen molar-refractivity contribution in [3.8, 4) is 0 Å². The number of amides is 1. The second kappa shape index (κ2) is 10.2. The zero-order chi connectivity index (χ0) is 23.5. The van der Waals surface area contributed by atoms with Crippen molar-refractivity contribution in [1.29, 1.82) is 0 Å². The molecule has 3 aromatic rings. The van der Waals surface area contributed by atoms with Gasteiger partial charge >= 0.3 is 0 Å². The van der Waals surface area contributed by atoms with Gasteiger partial charge in [0.2, 0.25) is 15.9 Å². The first-order chi connectivity index (χ1) is 15.1. The van der Waals surface area contributed by atoms with Crippen LogP contribution in [0.25, 0.3) is 0 Å². The van der Waals surface area contributed by atoms with Gasteiger partial charge in [-0.1, -0.05) is 59.1 Å². The Labute approximate surface area is 203 Å². The molecule has 0 aliphatic carbocycles. The molecular formula is C23H21Cl3N2O3S. The Balaban J connectivity index is 1.96. The highest BCUT2D eigenvalue weighted by molar-refractivity contribution is 7.89. The number of rotatable bonds is 7. The van der Waals surface area contributed by atoms with Gasteiger partial charge in [-0.2, -0.15) is 4.31 Å². The van der Waals surface area contributed by atoms with E-state index in [-0.39, 0.29) is 11.4 Å². The highest BCUT2D eigenvalue weighted by Crippen LogP contribution is 2.29. The molecule has 0 aliphatic heterocycles. The van der Waals surface area contributed by atoms with E-state index in [9.17, 15) is 13.2 Å². The third-order valence-electron chi connectivity index (χ3n) is 4.91. The van der Waals surface area contributed by atoms with Gasteiger partial charge in [0.05, 0.1) is 11.4 Å². The van der Waals surface area contributed by atoms with Gasteiger partial charge in [0.1, 0.15) is 0 Å². The third kappa shape index (κ3) is 5.63. The molecule has 5 nitrogen and oxygen atoms in total. The quantitative estimate of drug-likeness (QED) is 0.417. The van der Waals surface area contributed by atoms with E-state index in [4.69, 9.17) is 34.8 Å². The topological polar surface area (TPSA) is 66.5 Å². The second-order valence-corrected chi connectivity index (χ2v) is 10.4. The summed E-state index contributed by atoms with van der Waals surface area (Å²) in [6, 6.07) is 16.3. The maximum atomic E-state index is 13.4. The first-order valence-electron chi connectivity index (χ1n) is 9.64. The SMILES string of the molecule is Cc1cccc(C)c1NC(=O)CN(Cc1c(Cl)cccc1Cl)S(=O)(=O)c1ccc(Cl)cc1. The van der Waals surface area contributed by atoms with Crippen LogP contribution in [0.3, 0.4) is 0 Å². The van der Waals surface area contributed by atoms with Crippen molar-refractivity contribution in [2.45, 2.75) is 25.3 Å². The number of carbonyl (C=O) groups excluding carboxylic acids is 1. The predicted molar refractivity (Wildman–Crippen MR) is 130 cm³/mol. The summed E-state index contributed by atoms with van der Waals surface area (Å²) >= 11 is 18.5. The number of hydrogen-bond acceptors (Lipinski definition) is 3. The van der Waals surface area contributed by atoms with E-state index in [1.807, 2.05) is 32.0 Å². The van der Waals surface area contributed by atoms with Crippen LogP contribution in [-0.2, 0) is 21.4 Å². The van der Waals surface area contributed by atoms with Crippen LogP contribution in [0.5, 0.6) is 0 Å². The smallest absolute Gasteiger partial charge is 0.243 e. The van der Waals surface area contributed by atoms with Crippen molar-refractivity contribution in [2.75, 3.05) is 11.9 Å². The normalized spacial score (nSPS) is 11.6. The third-order valence-corrected chi connectivity index (χ3v) is 7.68. The molecule has 0 spiro atoms. The molecule has 32 heavy (non-hydrogen) atoms. The lowest BCUT2D eigenvalue weighted by molar-refractivity contribution is -0.116.